The van der Waals surface area contributed by atoms with Gasteiger partial charge in [-0.05, 0) is 81.2 Å². The molecule has 0 saturated carbocycles. The van der Waals surface area contributed by atoms with Crippen molar-refractivity contribution >= 4 is 59.8 Å². The number of rotatable bonds is 18. The first-order valence-electron chi connectivity index (χ1n) is 24.0. The number of nitrogens with one attached hydrogen (secondary N) is 4. The lowest BCUT2D eigenvalue weighted by atomic mass is 9.86. The van der Waals surface area contributed by atoms with Crippen LogP contribution in [0, 0.1) is 18.8 Å². The van der Waals surface area contributed by atoms with Crippen molar-refractivity contribution in [3.8, 4) is 11.8 Å². The molecule has 24 heteroatoms. The summed E-state index contributed by atoms with van der Waals surface area (Å²) in [5, 5.41) is 11.1. The van der Waals surface area contributed by atoms with E-state index in [2.05, 4.69) is 49.8 Å². The lowest BCUT2D eigenvalue weighted by Gasteiger charge is -2.26. The first kappa shape index (κ1) is 65.9. The molecule has 422 valence electrons. The van der Waals surface area contributed by atoms with E-state index in [9.17, 15) is 38.4 Å². The topological polar surface area (TPSA) is 335 Å². The van der Waals surface area contributed by atoms with E-state index in [0.717, 1.165) is 5.57 Å². The highest BCUT2D eigenvalue weighted by Gasteiger charge is 2.54. The molecule has 1 aromatic carbocycles. The molecule has 4 atom stereocenters. The Morgan fingerprint density at radius 2 is 0.949 bits per heavy atom. The van der Waals surface area contributed by atoms with Crippen LogP contribution >= 0.6 is 0 Å². The van der Waals surface area contributed by atoms with Crippen molar-refractivity contribution in [3.63, 3.8) is 0 Å². The summed E-state index contributed by atoms with van der Waals surface area (Å²) in [5.74, 6) is 1.62. The number of methoxy groups -OCH3 is 4. The molecule has 0 saturated heterocycles. The second kappa shape index (κ2) is 35.1. The molecule has 4 aliphatic heterocycles. The molecule has 0 radical (unpaired) electrons. The Labute approximate surface area is 454 Å². The Hall–Kier alpha value is -9.26. The number of furan rings is 2. The van der Waals surface area contributed by atoms with E-state index in [1.165, 1.54) is 39.6 Å². The van der Waals surface area contributed by atoms with E-state index in [1.807, 2.05) is 56.0 Å². The van der Waals surface area contributed by atoms with Gasteiger partial charge in [0.1, 0.15) is 28.8 Å². The normalized spacial score (nSPS) is 17.8. The molecule has 24 nitrogen and oxygen atoms in total. The van der Waals surface area contributed by atoms with Crippen LogP contribution in [0.3, 0.4) is 0 Å². The SMILES string of the molecule is COC(=O)C#CC(=O)OC.COC(=O)C1=C(C(=O)OC)C2(CNC(=O)CCCC(=O)NCC34C=CC(O3)C(C)=C4C)C=CC1O2.Cc1ccccc1.O=C(CCCC(=O)NCc1ccco1)NCc1ccco1.O=C=O.O=C=O. The van der Waals surface area contributed by atoms with Crippen LogP contribution in [-0.4, -0.2) is 125 Å². The maximum absolute atomic E-state index is 12.4. The number of carbonyl (C=O) groups excluding carboxylic acids is 12. The Morgan fingerprint density at radius 1 is 0.532 bits per heavy atom. The van der Waals surface area contributed by atoms with E-state index < -0.39 is 41.2 Å². The van der Waals surface area contributed by atoms with Crippen molar-refractivity contribution in [1.82, 2.24) is 21.3 Å². The lowest BCUT2D eigenvalue weighted by Crippen LogP contribution is -2.44. The van der Waals surface area contributed by atoms with E-state index in [4.69, 9.17) is 47.0 Å². The third kappa shape index (κ3) is 22.1. The number of ether oxygens (including phenoxy) is 6. The van der Waals surface area contributed by atoms with Crippen LogP contribution < -0.4 is 21.3 Å². The molecular weight excluding hydrogens is 1040 g/mol. The van der Waals surface area contributed by atoms with Crippen LogP contribution in [0.15, 0.2) is 123 Å². The van der Waals surface area contributed by atoms with E-state index in [-0.39, 0.29) is 72.6 Å². The molecule has 6 heterocycles. The molecule has 0 fully saturated rings. The number of esters is 4. The van der Waals surface area contributed by atoms with Crippen molar-refractivity contribution < 1.29 is 94.8 Å². The Morgan fingerprint density at radius 3 is 1.33 bits per heavy atom. The quantitative estimate of drug-likeness (QED) is 0.0468. The molecule has 4 unspecified atom stereocenters. The van der Waals surface area contributed by atoms with E-state index >= 15 is 0 Å². The van der Waals surface area contributed by atoms with Crippen molar-refractivity contribution in [1.29, 1.82) is 0 Å². The van der Waals surface area contributed by atoms with Crippen molar-refractivity contribution in [3.05, 3.63) is 131 Å². The summed E-state index contributed by atoms with van der Waals surface area (Å²) < 4.78 is 39.9. The lowest BCUT2D eigenvalue weighted by molar-refractivity contribution is -0.193. The largest absolute Gasteiger partial charge is 0.467 e. The molecule has 79 heavy (non-hydrogen) atoms. The Balaban J connectivity index is 0.000000406. The van der Waals surface area contributed by atoms with Crippen LogP contribution in [-0.2, 0) is 99.0 Å². The average molecular weight is 1100 g/mol. The summed E-state index contributed by atoms with van der Waals surface area (Å²) in [7, 11) is 4.77. The molecule has 4 bridgehead atoms. The van der Waals surface area contributed by atoms with Gasteiger partial charge in [0.2, 0.25) is 23.6 Å². The minimum atomic E-state index is -1.30. The van der Waals surface area contributed by atoms with E-state index in [0.29, 0.717) is 56.8 Å². The molecule has 4 N–H and O–H groups in total. The van der Waals surface area contributed by atoms with Gasteiger partial charge in [0.05, 0.1) is 84.4 Å². The van der Waals surface area contributed by atoms with Gasteiger partial charge in [-0.25, -0.2) is 19.2 Å². The number of hydrogen-bond acceptors (Lipinski definition) is 20. The van der Waals surface area contributed by atoms with Gasteiger partial charge in [0.15, 0.2) is 0 Å². The highest BCUT2D eigenvalue weighted by Crippen LogP contribution is 2.44. The zero-order chi connectivity index (χ0) is 58.8. The van der Waals surface area contributed by atoms with Gasteiger partial charge >= 0.3 is 36.2 Å². The van der Waals surface area contributed by atoms with Gasteiger partial charge in [-0.1, -0.05) is 48.0 Å². The summed E-state index contributed by atoms with van der Waals surface area (Å²) in [4.78, 5) is 125. The van der Waals surface area contributed by atoms with Crippen LogP contribution in [0.5, 0.6) is 0 Å². The standard InChI is InChI=1S/C25H30N2O8.C15H18N2O4.C7H8.C6H6O4.2CO2/c1-14-15(2)24(10-8-16(14)34-24)12-26-18(28)6-5-7-19(29)27-13-25-11-9-17(35-25)20(22(30)32-3)21(25)23(31)33-4;18-14(16-10-12-4-2-8-20-12)6-1-7-15(19)17-11-13-5-3-9-21-13;1-7-5-3-2-4-6-7;1-9-5(7)3-4-6(8)10-2;2*2-1-3/h8-11,16-17H,5-7,12-13H2,1-4H3,(H,26,28)(H,27,29);2-5,8-9H,1,6-7,10-11H2,(H,16,18)(H,17,19);2-6H,1H3;1-2H3;;. The highest BCUT2D eigenvalue weighted by molar-refractivity contribution is 6.05. The molecule has 0 aliphatic carbocycles. The molecule has 2 aromatic heterocycles. The van der Waals surface area contributed by atoms with Crippen LogP contribution in [0.1, 0.15) is 69.5 Å². The smallest absolute Gasteiger partial charge is 0.384 e. The summed E-state index contributed by atoms with van der Waals surface area (Å²) in [6.07, 6.45) is 11.9. The summed E-state index contributed by atoms with van der Waals surface area (Å²) in [5.41, 5.74) is 1.85. The fourth-order valence-electron chi connectivity index (χ4n) is 7.46. The van der Waals surface area contributed by atoms with Crippen LogP contribution in [0.4, 0.5) is 0 Å². The van der Waals surface area contributed by atoms with Crippen molar-refractivity contribution in [2.24, 2.45) is 0 Å². The van der Waals surface area contributed by atoms with Gasteiger partial charge in [0, 0.05) is 37.5 Å². The summed E-state index contributed by atoms with van der Waals surface area (Å²) in [6.45, 7) is 7.16. The summed E-state index contributed by atoms with van der Waals surface area (Å²) >= 11 is 0. The maximum atomic E-state index is 12.4. The first-order valence-corrected chi connectivity index (χ1v) is 24.0. The minimum Gasteiger partial charge on any atom is -0.467 e. The average Bonchev–Trinajstić information content (AvgIpc) is 4.36. The van der Waals surface area contributed by atoms with E-state index in [1.54, 1.807) is 48.9 Å². The fourth-order valence-corrected chi connectivity index (χ4v) is 7.46. The second-order valence-corrected chi connectivity index (χ2v) is 16.7. The molecule has 4 aliphatic rings. The third-order valence-electron chi connectivity index (χ3n) is 11.5. The number of hydrogen-bond donors (Lipinski definition) is 4. The van der Waals surface area contributed by atoms with Gasteiger partial charge in [-0.3, -0.25) is 19.2 Å². The van der Waals surface area contributed by atoms with Gasteiger partial charge in [-0.15, -0.1) is 0 Å². The van der Waals surface area contributed by atoms with Crippen LogP contribution in [0.25, 0.3) is 0 Å². The van der Waals surface area contributed by atoms with Gasteiger partial charge in [0.25, 0.3) is 0 Å². The summed E-state index contributed by atoms with van der Waals surface area (Å²) in [6, 6.07) is 17.4. The van der Waals surface area contributed by atoms with Crippen molar-refractivity contribution in [2.75, 3.05) is 41.5 Å². The number of carbonyl (C=O) groups is 8. The zero-order valence-electron chi connectivity index (χ0n) is 44.6. The Kier molecular flexibility index (Phi) is 29.3. The predicted octanol–water partition coefficient (Wildman–Crippen LogP) is 2.92. The molecule has 4 amide bonds. The number of fused-ring (bicyclic) bond motifs is 4. The Bertz CT molecular complexity index is 2710. The molecule has 3 aromatic rings. The minimum absolute atomic E-state index is 0.0119. The van der Waals surface area contributed by atoms with Crippen LogP contribution in [0.2, 0.25) is 0 Å². The molecule has 0 spiro atoms. The number of amides is 4. The third-order valence-corrected chi connectivity index (χ3v) is 11.5. The number of benzene rings is 1. The monoisotopic (exact) mass is 1100 g/mol. The maximum Gasteiger partial charge on any atom is 0.384 e. The fraction of sp³-hybridized carbons (Fsp3) is 0.382. The molecule has 7 rings (SSSR count). The molecular formula is C55H62N4O20. The predicted molar refractivity (Wildman–Crippen MR) is 271 cm³/mol. The first-order chi connectivity index (χ1) is 37.8. The zero-order valence-corrected chi connectivity index (χ0v) is 44.6. The second-order valence-electron chi connectivity index (χ2n) is 16.7. The number of aryl methyl sites for hydroxylation is 1. The highest BCUT2D eigenvalue weighted by atomic mass is 16.6. The van der Waals surface area contributed by atoms with Crippen molar-refractivity contribution in [2.45, 2.75) is 95.8 Å². The van der Waals surface area contributed by atoms with Gasteiger partial charge < -0.3 is 58.5 Å². The van der Waals surface area contributed by atoms with Gasteiger partial charge in [-0.2, -0.15) is 19.2 Å².